The summed E-state index contributed by atoms with van der Waals surface area (Å²) in [6.45, 7) is 5.26. The Bertz CT molecular complexity index is 367. The molecule has 0 saturated heterocycles. The van der Waals surface area contributed by atoms with Gasteiger partial charge in [-0.1, -0.05) is 0 Å². The average Bonchev–Trinajstić information content (AvgIpc) is 3.01. The van der Waals surface area contributed by atoms with E-state index in [4.69, 9.17) is 9.84 Å². The van der Waals surface area contributed by atoms with E-state index in [2.05, 4.69) is 5.32 Å². The van der Waals surface area contributed by atoms with E-state index in [9.17, 15) is 9.59 Å². The Labute approximate surface area is 101 Å². The van der Waals surface area contributed by atoms with Crippen molar-refractivity contribution in [3.8, 4) is 0 Å². The number of carboxylic acid groups (broad SMARTS) is 1. The lowest BCUT2D eigenvalue weighted by atomic mass is 10.1. The summed E-state index contributed by atoms with van der Waals surface area (Å²) >= 11 is 0. The first-order chi connectivity index (χ1) is 7.71. The molecule has 17 heavy (non-hydrogen) atoms. The molecule has 0 aromatic carbocycles. The molecule has 1 unspecified atom stereocenters. The van der Waals surface area contributed by atoms with Crippen LogP contribution in [0.5, 0.6) is 0 Å². The van der Waals surface area contributed by atoms with Gasteiger partial charge in [0.25, 0.3) is 0 Å². The van der Waals surface area contributed by atoms with Crippen LogP contribution in [-0.4, -0.2) is 34.7 Å². The van der Waals surface area contributed by atoms with Gasteiger partial charge in [0.2, 0.25) is 0 Å². The second-order valence-electron chi connectivity index (χ2n) is 6.11. The molecule has 5 heteroatoms. The Morgan fingerprint density at radius 1 is 1.35 bits per heavy atom. The van der Waals surface area contributed by atoms with E-state index >= 15 is 0 Å². The molecule has 0 heterocycles. The number of esters is 1. The fourth-order valence-corrected chi connectivity index (χ4v) is 2.42. The molecule has 0 aromatic heterocycles. The Kier molecular flexibility index (Phi) is 2.51. The van der Waals surface area contributed by atoms with E-state index < -0.39 is 17.1 Å². The highest BCUT2D eigenvalue weighted by Gasteiger charge is 2.79. The number of carboxylic acids is 1. The predicted molar refractivity (Wildman–Crippen MR) is 60.5 cm³/mol. The summed E-state index contributed by atoms with van der Waals surface area (Å²) in [4.78, 5) is 22.7. The Hall–Kier alpha value is -1.10. The van der Waals surface area contributed by atoms with Crippen LogP contribution in [0.25, 0.3) is 0 Å². The maximum atomic E-state index is 12.1. The van der Waals surface area contributed by atoms with Crippen molar-refractivity contribution < 1.29 is 19.4 Å². The second-order valence-corrected chi connectivity index (χ2v) is 6.11. The van der Waals surface area contributed by atoms with Gasteiger partial charge in [-0.15, -0.1) is 0 Å². The highest BCUT2D eigenvalue weighted by Crippen LogP contribution is 2.73. The lowest BCUT2D eigenvalue weighted by molar-refractivity contribution is -0.159. The van der Waals surface area contributed by atoms with Gasteiger partial charge in [0.1, 0.15) is 11.1 Å². The maximum Gasteiger partial charge on any atom is 0.327 e. The minimum atomic E-state index is -0.948. The molecule has 2 aliphatic carbocycles. The van der Waals surface area contributed by atoms with Crippen molar-refractivity contribution in [2.24, 2.45) is 5.41 Å². The van der Waals surface area contributed by atoms with Gasteiger partial charge in [-0.05, 0) is 40.0 Å². The molecule has 2 rings (SSSR count). The summed E-state index contributed by atoms with van der Waals surface area (Å²) in [7, 11) is 0. The highest BCUT2D eigenvalue weighted by atomic mass is 16.6. The van der Waals surface area contributed by atoms with Gasteiger partial charge in [-0.2, -0.15) is 0 Å². The van der Waals surface area contributed by atoms with Gasteiger partial charge in [-0.25, -0.2) is 0 Å². The fourth-order valence-electron chi connectivity index (χ4n) is 2.42. The van der Waals surface area contributed by atoms with Crippen molar-refractivity contribution in [2.75, 3.05) is 6.54 Å². The molecule has 2 aliphatic rings. The van der Waals surface area contributed by atoms with Crippen LogP contribution in [0.15, 0.2) is 0 Å². The summed E-state index contributed by atoms with van der Waals surface area (Å²) in [5, 5.41) is 11.6. The van der Waals surface area contributed by atoms with Gasteiger partial charge in [0.05, 0.1) is 6.54 Å². The molecule has 0 aromatic rings. The molecular weight excluding hydrogens is 222 g/mol. The van der Waals surface area contributed by atoms with Crippen LogP contribution >= 0.6 is 0 Å². The van der Waals surface area contributed by atoms with E-state index in [-0.39, 0.29) is 17.9 Å². The van der Waals surface area contributed by atoms with E-state index in [1.807, 2.05) is 20.8 Å². The Morgan fingerprint density at radius 3 is 2.29 bits per heavy atom. The van der Waals surface area contributed by atoms with Crippen molar-refractivity contribution in [3.05, 3.63) is 0 Å². The number of carbonyl (C=O) groups is 2. The van der Waals surface area contributed by atoms with Crippen molar-refractivity contribution in [2.45, 2.75) is 51.2 Å². The summed E-state index contributed by atoms with van der Waals surface area (Å²) in [5.41, 5.74) is -1.28. The van der Waals surface area contributed by atoms with Crippen LogP contribution in [0.4, 0.5) is 0 Å². The molecular formula is C12H19NO4. The molecule has 2 saturated carbocycles. The minimum Gasteiger partial charge on any atom is -0.480 e. The zero-order chi connectivity index (χ0) is 12.9. The third-order valence-electron chi connectivity index (χ3n) is 3.53. The molecule has 1 atom stereocenters. The molecule has 0 bridgehead atoms. The monoisotopic (exact) mass is 241 g/mol. The fraction of sp³-hybridized carbons (Fsp3) is 0.833. The molecule has 2 fully saturated rings. The van der Waals surface area contributed by atoms with E-state index in [1.54, 1.807) is 0 Å². The lowest BCUT2D eigenvalue weighted by Crippen LogP contribution is -2.47. The number of ether oxygens (including phenoxy) is 1. The Balaban J connectivity index is 2.03. The van der Waals surface area contributed by atoms with Crippen LogP contribution < -0.4 is 5.32 Å². The average molecular weight is 241 g/mol. The van der Waals surface area contributed by atoms with Crippen LogP contribution in [0.2, 0.25) is 0 Å². The minimum absolute atomic E-state index is 0.00914. The number of carbonyl (C=O) groups excluding carboxylic acids is 1. The zero-order valence-electron chi connectivity index (χ0n) is 10.5. The van der Waals surface area contributed by atoms with Crippen LogP contribution in [0.3, 0.4) is 0 Å². The van der Waals surface area contributed by atoms with Crippen molar-refractivity contribution >= 4 is 11.9 Å². The first kappa shape index (κ1) is 12.4. The first-order valence-corrected chi connectivity index (χ1v) is 5.91. The third-order valence-corrected chi connectivity index (χ3v) is 3.53. The SMILES string of the molecule is CC(C)(C)OC(=O)C1(NCC(=O)O)CC12CC2. The summed E-state index contributed by atoms with van der Waals surface area (Å²) in [6.07, 6.45) is 2.68. The standard InChI is InChI=1S/C12H19NO4/c1-10(2,3)17-9(16)12(13-6-8(14)15)7-11(12)4-5-11/h13H,4-7H2,1-3H3,(H,14,15). The van der Waals surface area contributed by atoms with Crippen molar-refractivity contribution in [1.82, 2.24) is 5.32 Å². The number of hydrogen-bond acceptors (Lipinski definition) is 4. The molecule has 5 nitrogen and oxygen atoms in total. The van der Waals surface area contributed by atoms with E-state index in [0.29, 0.717) is 6.42 Å². The van der Waals surface area contributed by atoms with Gasteiger partial charge >= 0.3 is 11.9 Å². The lowest BCUT2D eigenvalue weighted by Gasteiger charge is -2.25. The topological polar surface area (TPSA) is 75.6 Å². The summed E-state index contributed by atoms with van der Waals surface area (Å²) in [5.74, 6) is -1.25. The van der Waals surface area contributed by atoms with Crippen LogP contribution in [0, 0.1) is 5.41 Å². The summed E-state index contributed by atoms with van der Waals surface area (Å²) < 4.78 is 5.38. The Morgan fingerprint density at radius 2 is 1.94 bits per heavy atom. The second kappa shape index (κ2) is 3.45. The van der Waals surface area contributed by atoms with Gasteiger partial charge in [0.15, 0.2) is 0 Å². The number of hydrogen-bond donors (Lipinski definition) is 2. The quantitative estimate of drug-likeness (QED) is 0.716. The van der Waals surface area contributed by atoms with Gasteiger partial charge in [0, 0.05) is 5.41 Å². The molecule has 0 radical (unpaired) electrons. The predicted octanol–water partition coefficient (Wildman–Crippen LogP) is 0.925. The zero-order valence-corrected chi connectivity index (χ0v) is 10.5. The van der Waals surface area contributed by atoms with Crippen LogP contribution in [0.1, 0.15) is 40.0 Å². The number of aliphatic carboxylic acids is 1. The number of rotatable bonds is 4. The number of nitrogens with one attached hydrogen (secondary N) is 1. The van der Waals surface area contributed by atoms with Gasteiger partial charge < -0.3 is 9.84 Å². The third kappa shape index (κ3) is 2.16. The normalized spacial score (nSPS) is 28.9. The van der Waals surface area contributed by atoms with E-state index in [0.717, 1.165) is 12.8 Å². The highest BCUT2D eigenvalue weighted by molar-refractivity contribution is 5.88. The van der Waals surface area contributed by atoms with Crippen molar-refractivity contribution in [3.63, 3.8) is 0 Å². The largest absolute Gasteiger partial charge is 0.480 e. The molecule has 0 amide bonds. The summed E-state index contributed by atoms with van der Waals surface area (Å²) in [6, 6.07) is 0. The van der Waals surface area contributed by atoms with E-state index in [1.165, 1.54) is 0 Å². The maximum absolute atomic E-state index is 12.1. The molecule has 2 N–H and O–H groups in total. The molecule has 1 spiro atoms. The van der Waals surface area contributed by atoms with Crippen LogP contribution in [-0.2, 0) is 14.3 Å². The smallest absolute Gasteiger partial charge is 0.327 e. The molecule has 0 aliphatic heterocycles. The molecule has 96 valence electrons. The van der Waals surface area contributed by atoms with Crippen molar-refractivity contribution in [1.29, 1.82) is 0 Å². The first-order valence-electron chi connectivity index (χ1n) is 5.91. The van der Waals surface area contributed by atoms with Gasteiger partial charge in [-0.3, -0.25) is 14.9 Å².